The summed E-state index contributed by atoms with van der Waals surface area (Å²) in [5, 5.41) is 26.2. The van der Waals surface area contributed by atoms with E-state index >= 15 is 0 Å². The lowest BCUT2D eigenvalue weighted by Crippen LogP contribution is -2.41. The summed E-state index contributed by atoms with van der Waals surface area (Å²) in [5.74, 6) is 0.00232. The number of anilines is 1. The van der Waals surface area contributed by atoms with Crippen LogP contribution in [0.15, 0.2) is 41.4 Å². The van der Waals surface area contributed by atoms with E-state index in [0.29, 0.717) is 23.5 Å². The fourth-order valence-electron chi connectivity index (χ4n) is 3.20. The Morgan fingerprint density at radius 3 is 2.69 bits per heavy atom. The first-order chi connectivity index (χ1) is 14.0. The zero-order chi connectivity index (χ0) is 20.5. The van der Waals surface area contributed by atoms with Crippen LogP contribution in [0.2, 0.25) is 0 Å². The van der Waals surface area contributed by atoms with Crippen molar-refractivity contribution in [3.8, 4) is 0 Å². The van der Waals surface area contributed by atoms with Gasteiger partial charge >= 0.3 is 0 Å². The first-order valence-electron chi connectivity index (χ1n) is 8.88. The molecule has 2 aromatic heterocycles. The van der Waals surface area contributed by atoms with Crippen LogP contribution in [0.1, 0.15) is 11.8 Å². The van der Waals surface area contributed by atoms with E-state index in [-0.39, 0.29) is 0 Å². The number of rotatable bonds is 5. The summed E-state index contributed by atoms with van der Waals surface area (Å²) < 4.78 is 8.08. The molecule has 1 unspecified atom stereocenters. The highest BCUT2D eigenvalue weighted by Gasteiger charge is 2.47. The van der Waals surface area contributed by atoms with Gasteiger partial charge in [-0.25, -0.2) is 15.0 Å². The Bertz CT molecular complexity index is 1030. The van der Waals surface area contributed by atoms with Crippen molar-refractivity contribution in [2.45, 2.75) is 31.1 Å². The summed E-state index contributed by atoms with van der Waals surface area (Å²) in [7, 11) is 1.43. The van der Waals surface area contributed by atoms with E-state index in [1.165, 1.54) is 24.3 Å². The summed E-state index contributed by atoms with van der Waals surface area (Å²) in [6.45, 7) is 0.534. The van der Waals surface area contributed by atoms with Crippen LogP contribution in [0.3, 0.4) is 0 Å². The topological polar surface area (TPSA) is 134 Å². The lowest BCUT2D eigenvalue weighted by atomic mass is 10.1. The number of imidazole rings is 1. The fourth-order valence-corrected chi connectivity index (χ4v) is 3.47. The maximum absolute atomic E-state index is 11.9. The molecule has 1 fully saturated rings. The second-order valence-corrected chi connectivity index (χ2v) is 7.48. The van der Waals surface area contributed by atoms with Crippen molar-refractivity contribution in [2.75, 3.05) is 12.4 Å². The standard InChI is InChI=1S/C18H19BrN6O4/c1-20-17(28)14-12(26)13(27)18(29-14)25-8-24-11-15(22-7-23-16(11)25)21-6-9-2-4-10(19)5-3-9/h2-5,7-8,12-14,18,26-27H,6H2,1H3,(H,20,28)(H,21,22,23)/t12-,13+,14-,18?/m0/s1. The third-order valence-electron chi connectivity index (χ3n) is 4.75. The van der Waals surface area contributed by atoms with Crippen molar-refractivity contribution in [3.63, 3.8) is 0 Å². The van der Waals surface area contributed by atoms with Crippen molar-refractivity contribution in [3.05, 3.63) is 47.0 Å². The predicted octanol–water partition coefficient (Wildman–Crippen LogP) is 0.566. The van der Waals surface area contributed by atoms with E-state index in [0.717, 1.165) is 10.0 Å². The van der Waals surface area contributed by atoms with Gasteiger partial charge in [-0.1, -0.05) is 28.1 Å². The average Bonchev–Trinajstić information content (AvgIpc) is 3.29. The number of fused-ring (bicyclic) bond motifs is 1. The molecule has 10 nitrogen and oxygen atoms in total. The molecule has 1 aromatic carbocycles. The number of amides is 1. The number of aliphatic hydroxyl groups is 2. The van der Waals surface area contributed by atoms with Gasteiger partial charge in [0.25, 0.3) is 5.91 Å². The van der Waals surface area contributed by atoms with Gasteiger partial charge < -0.3 is 25.6 Å². The quantitative estimate of drug-likeness (QED) is 0.432. The van der Waals surface area contributed by atoms with E-state index in [2.05, 4.69) is 41.5 Å². The van der Waals surface area contributed by atoms with Crippen molar-refractivity contribution in [1.29, 1.82) is 0 Å². The summed E-state index contributed by atoms with van der Waals surface area (Å²) in [6, 6.07) is 7.87. The van der Waals surface area contributed by atoms with Crippen LogP contribution < -0.4 is 10.6 Å². The van der Waals surface area contributed by atoms with E-state index in [9.17, 15) is 15.0 Å². The molecule has 29 heavy (non-hydrogen) atoms. The monoisotopic (exact) mass is 462 g/mol. The number of aromatic nitrogens is 4. The van der Waals surface area contributed by atoms with Crippen LogP contribution in [0, 0.1) is 0 Å². The molecule has 1 aliphatic rings. The molecule has 4 N–H and O–H groups in total. The Labute approximate surface area is 174 Å². The maximum Gasteiger partial charge on any atom is 0.251 e. The van der Waals surface area contributed by atoms with Crippen molar-refractivity contribution in [1.82, 2.24) is 24.8 Å². The van der Waals surface area contributed by atoms with Crippen LogP contribution >= 0.6 is 15.9 Å². The molecule has 0 radical (unpaired) electrons. The predicted molar refractivity (Wildman–Crippen MR) is 107 cm³/mol. The first-order valence-corrected chi connectivity index (χ1v) is 9.68. The molecule has 1 aliphatic heterocycles. The minimum Gasteiger partial charge on any atom is -0.387 e. The number of likely N-dealkylation sites (N-methyl/N-ethyl adjacent to an activating group) is 1. The Morgan fingerprint density at radius 2 is 1.97 bits per heavy atom. The molecule has 4 atom stereocenters. The van der Waals surface area contributed by atoms with Gasteiger partial charge in [0.15, 0.2) is 29.3 Å². The van der Waals surface area contributed by atoms with Gasteiger partial charge in [0.05, 0.1) is 6.33 Å². The maximum atomic E-state index is 11.9. The molecule has 11 heteroatoms. The number of benzene rings is 1. The highest BCUT2D eigenvalue weighted by Crippen LogP contribution is 2.32. The molecule has 3 aromatic rings. The number of aliphatic hydroxyl groups excluding tert-OH is 2. The number of carbonyl (C=O) groups is 1. The smallest absolute Gasteiger partial charge is 0.251 e. The number of ether oxygens (including phenoxy) is 1. The van der Waals surface area contributed by atoms with Gasteiger partial charge in [-0.05, 0) is 17.7 Å². The summed E-state index contributed by atoms with van der Waals surface area (Å²) in [6.07, 6.45) is -2.06. The SMILES string of the molecule is CNC(=O)[C@H]1OC(n2cnc3c(NCc4ccc(Br)cc4)ncnc32)[C@H](O)[C@@H]1O. The van der Waals surface area contributed by atoms with E-state index < -0.39 is 30.4 Å². The number of nitrogens with one attached hydrogen (secondary N) is 2. The van der Waals surface area contributed by atoms with Gasteiger partial charge in [-0.2, -0.15) is 0 Å². The van der Waals surface area contributed by atoms with Crippen LogP contribution in [0.5, 0.6) is 0 Å². The van der Waals surface area contributed by atoms with Gasteiger partial charge in [-0.3, -0.25) is 9.36 Å². The molecular formula is C18H19BrN6O4. The number of carbonyl (C=O) groups excluding carboxylic acids is 1. The van der Waals surface area contributed by atoms with E-state index in [1.54, 1.807) is 0 Å². The molecule has 1 saturated heterocycles. The molecule has 0 aliphatic carbocycles. The molecular weight excluding hydrogens is 444 g/mol. The molecule has 152 valence electrons. The van der Waals surface area contributed by atoms with Gasteiger partial charge in [0.1, 0.15) is 18.5 Å². The molecule has 4 rings (SSSR count). The largest absolute Gasteiger partial charge is 0.387 e. The zero-order valence-corrected chi connectivity index (χ0v) is 16.9. The Kier molecular flexibility index (Phi) is 5.46. The van der Waals surface area contributed by atoms with E-state index in [1.807, 2.05) is 24.3 Å². The Balaban J connectivity index is 1.59. The summed E-state index contributed by atoms with van der Waals surface area (Å²) in [4.78, 5) is 24.7. The lowest BCUT2D eigenvalue weighted by molar-refractivity contribution is -0.137. The molecule has 0 bridgehead atoms. The van der Waals surface area contributed by atoms with Crippen LogP contribution in [0.25, 0.3) is 11.2 Å². The summed E-state index contributed by atoms with van der Waals surface area (Å²) >= 11 is 3.41. The fraction of sp³-hybridized carbons (Fsp3) is 0.333. The van der Waals surface area contributed by atoms with E-state index in [4.69, 9.17) is 4.74 Å². The molecule has 0 spiro atoms. The highest BCUT2D eigenvalue weighted by molar-refractivity contribution is 9.10. The van der Waals surface area contributed by atoms with Crippen LogP contribution in [-0.4, -0.2) is 61.0 Å². The zero-order valence-electron chi connectivity index (χ0n) is 15.4. The lowest BCUT2D eigenvalue weighted by Gasteiger charge is -2.16. The third-order valence-corrected chi connectivity index (χ3v) is 5.28. The minimum absolute atomic E-state index is 0.409. The summed E-state index contributed by atoms with van der Waals surface area (Å²) in [5.41, 5.74) is 1.95. The molecule has 1 amide bonds. The number of hydrogen-bond donors (Lipinski definition) is 4. The number of hydrogen-bond acceptors (Lipinski definition) is 8. The van der Waals surface area contributed by atoms with Crippen molar-refractivity contribution < 1.29 is 19.7 Å². The second-order valence-electron chi connectivity index (χ2n) is 6.57. The van der Waals surface area contributed by atoms with Gasteiger partial charge in [0.2, 0.25) is 0 Å². The van der Waals surface area contributed by atoms with Crippen molar-refractivity contribution >= 4 is 38.8 Å². The second kappa shape index (κ2) is 8.03. The minimum atomic E-state index is -1.37. The van der Waals surface area contributed by atoms with Crippen LogP contribution in [-0.2, 0) is 16.1 Å². The van der Waals surface area contributed by atoms with Gasteiger partial charge in [0, 0.05) is 18.1 Å². The van der Waals surface area contributed by atoms with Gasteiger partial charge in [-0.15, -0.1) is 0 Å². The first kappa shape index (κ1) is 19.7. The number of halogens is 1. The highest BCUT2D eigenvalue weighted by atomic mass is 79.9. The Morgan fingerprint density at radius 1 is 1.21 bits per heavy atom. The third kappa shape index (κ3) is 3.69. The normalized spacial score (nSPS) is 24.0. The molecule has 0 saturated carbocycles. The Hall–Kier alpha value is -2.60. The average molecular weight is 463 g/mol. The van der Waals surface area contributed by atoms with Crippen molar-refractivity contribution in [2.24, 2.45) is 0 Å². The number of nitrogens with zero attached hydrogens (tertiary/aromatic N) is 4. The molecule has 3 heterocycles. The van der Waals surface area contributed by atoms with Crippen LogP contribution in [0.4, 0.5) is 5.82 Å².